The Morgan fingerprint density at radius 3 is 2.17 bits per heavy atom. The smallest absolute Gasteiger partial charge is 0.375 e. The van der Waals surface area contributed by atoms with E-state index in [9.17, 15) is 39.9 Å². The Morgan fingerprint density at radius 2 is 1.59 bits per heavy atom. The third-order valence-electron chi connectivity index (χ3n) is 11.0. The van der Waals surface area contributed by atoms with E-state index in [0.717, 1.165) is 11.3 Å². The number of rotatable bonds is 7. The van der Waals surface area contributed by atoms with Crippen LogP contribution in [0.2, 0.25) is 0 Å². The quantitative estimate of drug-likeness (QED) is 0.154. The summed E-state index contributed by atoms with van der Waals surface area (Å²) in [6.07, 6.45) is -8.61. The van der Waals surface area contributed by atoms with Crippen molar-refractivity contribution in [3.05, 3.63) is 44.8 Å². The number of nitrogens with zero attached hydrogens (tertiary/aromatic N) is 2. The molecule has 0 radical (unpaired) electrons. The highest BCUT2D eigenvalue weighted by Crippen LogP contribution is 2.38. The first-order valence-electron chi connectivity index (χ1n) is 18.4. The first-order valence-corrected chi connectivity index (χ1v) is 20.1. The van der Waals surface area contributed by atoms with Crippen LogP contribution in [-0.2, 0) is 23.8 Å². The van der Waals surface area contributed by atoms with E-state index in [1.165, 1.54) is 37.0 Å². The van der Waals surface area contributed by atoms with Gasteiger partial charge in [-0.3, -0.25) is 9.59 Å². The van der Waals surface area contributed by atoms with Crippen LogP contribution in [0.3, 0.4) is 0 Å². The molecule has 302 valence electrons. The van der Waals surface area contributed by atoms with Gasteiger partial charge in [-0.1, -0.05) is 45.0 Å². The lowest BCUT2D eigenvalue weighted by Gasteiger charge is -2.47. The molecule has 2 fully saturated rings. The topological polar surface area (TPSA) is 205 Å². The van der Waals surface area contributed by atoms with Crippen LogP contribution in [0.1, 0.15) is 94.0 Å². The van der Waals surface area contributed by atoms with Crippen molar-refractivity contribution in [1.82, 2.24) is 4.90 Å². The summed E-state index contributed by atoms with van der Waals surface area (Å²) < 4.78 is 18.3. The van der Waals surface area contributed by atoms with Crippen LogP contribution in [0, 0.1) is 23.7 Å². The van der Waals surface area contributed by atoms with Crippen molar-refractivity contribution in [2.75, 3.05) is 7.05 Å². The fourth-order valence-electron chi connectivity index (χ4n) is 7.72. The van der Waals surface area contributed by atoms with E-state index in [1.54, 1.807) is 76.7 Å². The lowest BCUT2D eigenvalue weighted by molar-refractivity contribution is -0.298. The van der Waals surface area contributed by atoms with E-state index in [-0.39, 0.29) is 29.3 Å². The molecule has 2 aliphatic rings. The summed E-state index contributed by atoms with van der Waals surface area (Å²) >= 11 is 2.43. The first kappa shape index (κ1) is 43.9. The molecular weight excluding hydrogens is 741 g/mol. The molecule has 4 heterocycles. The number of likely N-dealkylation sites (N-methyl/N-ethyl adjacent to an activating group) is 1. The summed E-state index contributed by atoms with van der Waals surface area (Å²) in [5.74, 6) is -5.84. The maximum absolute atomic E-state index is 13.6. The molecule has 0 aromatic carbocycles. The average Bonchev–Trinajstić information content (AvgIpc) is 3.87. The highest BCUT2D eigenvalue weighted by Gasteiger charge is 2.51. The van der Waals surface area contributed by atoms with E-state index in [4.69, 9.17) is 19.0 Å². The van der Waals surface area contributed by atoms with Crippen molar-refractivity contribution in [1.29, 1.82) is 0 Å². The van der Waals surface area contributed by atoms with Gasteiger partial charge in [-0.05, 0) is 69.9 Å². The molecule has 0 saturated carbocycles. The minimum Gasteiger partial charge on any atom is -0.459 e. The Labute approximate surface area is 324 Å². The number of hydrogen-bond donors (Lipinski definition) is 5. The number of thiophene rings is 2. The molecule has 14 atom stereocenters. The van der Waals surface area contributed by atoms with Crippen LogP contribution in [0.4, 0.5) is 0 Å². The maximum Gasteiger partial charge on any atom is 0.375 e. The summed E-state index contributed by atoms with van der Waals surface area (Å²) in [4.78, 5) is 47.3. The lowest BCUT2D eigenvalue weighted by Crippen LogP contribution is -2.60. The van der Waals surface area contributed by atoms with Crippen LogP contribution in [0.15, 0.2) is 40.2 Å². The second-order valence-corrected chi connectivity index (χ2v) is 17.2. The van der Waals surface area contributed by atoms with Crippen LogP contribution in [0.5, 0.6) is 0 Å². The SMILES string of the molecule is CC[C@H]1OC(=O)[C@H](C)[C@@H](O)[C@H](C)[C@@H](O[C@@H]2O[C@H](C)C[C@H](N(C)C(=O)c3cccs3)[C@@H]2O)[C@](C)(O)C[C@H](C)/C(=N\OC(=O)c2cccs2)[C@@H](C)[C@H](O)[C@]1(C)O. The van der Waals surface area contributed by atoms with Crippen molar-refractivity contribution in [2.45, 2.75) is 135 Å². The summed E-state index contributed by atoms with van der Waals surface area (Å²) in [7, 11) is 1.59. The summed E-state index contributed by atoms with van der Waals surface area (Å²) in [5, 5.41) is 66.7. The Morgan fingerprint density at radius 1 is 0.981 bits per heavy atom. The molecule has 1 amide bonds. The largest absolute Gasteiger partial charge is 0.459 e. The number of aliphatic hydroxyl groups is 5. The third kappa shape index (κ3) is 9.59. The van der Waals surface area contributed by atoms with Gasteiger partial charge in [0.05, 0.1) is 52.6 Å². The van der Waals surface area contributed by atoms with Crippen molar-refractivity contribution in [3.63, 3.8) is 0 Å². The number of cyclic esters (lactones) is 1. The van der Waals surface area contributed by atoms with Gasteiger partial charge in [-0.2, -0.15) is 0 Å². The first-order chi connectivity index (χ1) is 25.2. The molecule has 2 aliphatic heterocycles. The van der Waals surface area contributed by atoms with Crippen molar-refractivity contribution in [2.24, 2.45) is 28.8 Å². The zero-order valence-electron chi connectivity index (χ0n) is 32.3. The van der Waals surface area contributed by atoms with Crippen LogP contribution in [-0.4, -0.2) is 121 Å². The maximum atomic E-state index is 13.6. The van der Waals surface area contributed by atoms with Crippen LogP contribution in [0.25, 0.3) is 0 Å². The molecule has 2 saturated heterocycles. The fourth-order valence-corrected chi connectivity index (χ4v) is 9.02. The normalized spacial score (nSPS) is 39.4. The van der Waals surface area contributed by atoms with E-state index in [1.807, 2.05) is 0 Å². The second kappa shape index (κ2) is 18.0. The monoisotopic (exact) mass is 796 g/mol. The van der Waals surface area contributed by atoms with Gasteiger partial charge in [0.15, 0.2) is 6.29 Å². The van der Waals surface area contributed by atoms with Gasteiger partial charge in [-0.15, -0.1) is 22.7 Å². The molecule has 14 nitrogen and oxygen atoms in total. The lowest BCUT2D eigenvalue weighted by atomic mass is 9.73. The van der Waals surface area contributed by atoms with E-state index in [2.05, 4.69) is 5.16 Å². The van der Waals surface area contributed by atoms with Crippen LogP contribution < -0.4 is 0 Å². The Balaban J connectivity index is 1.75. The van der Waals surface area contributed by atoms with Crippen molar-refractivity contribution >= 4 is 46.2 Å². The molecule has 2 aromatic rings. The van der Waals surface area contributed by atoms with E-state index in [0.29, 0.717) is 11.3 Å². The summed E-state index contributed by atoms with van der Waals surface area (Å²) in [5.41, 5.74) is -3.78. The molecule has 54 heavy (non-hydrogen) atoms. The minimum atomic E-state index is -2.02. The molecule has 0 bridgehead atoms. The number of hydrogen-bond acceptors (Lipinski definition) is 15. The summed E-state index contributed by atoms with van der Waals surface area (Å²) in [6.45, 7) is 12.6. The Bertz CT molecular complexity index is 1580. The zero-order valence-corrected chi connectivity index (χ0v) is 34.0. The number of ether oxygens (including phenoxy) is 3. The molecular formula is C38H56N2O12S2. The highest BCUT2D eigenvalue weighted by atomic mass is 32.1. The predicted octanol–water partition coefficient (Wildman–Crippen LogP) is 3.84. The van der Waals surface area contributed by atoms with Gasteiger partial charge < -0.3 is 49.5 Å². The second-order valence-electron chi connectivity index (χ2n) is 15.3. The molecule has 5 N–H and O–H groups in total. The Kier molecular flexibility index (Phi) is 14.6. The predicted molar refractivity (Wildman–Crippen MR) is 202 cm³/mol. The zero-order chi connectivity index (χ0) is 40.3. The number of oxime groups is 1. The number of carbonyl (C=O) groups is 3. The van der Waals surface area contributed by atoms with Crippen molar-refractivity contribution < 1.29 is 59.0 Å². The van der Waals surface area contributed by atoms with Gasteiger partial charge in [0.25, 0.3) is 5.91 Å². The third-order valence-corrected chi connectivity index (χ3v) is 12.7. The van der Waals surface area contributed by atoms with Gasteiger partial charge in [0.2, 0.25) is 0 Å². The standard InChI is InChI=1S/C38H56N2O12S2/c1-10-27-38(8,48)31(43)21(4)28(39-52-35(46)26-14-12-16-54-26)19(2)18-37(7,47)32(22(5)29(41)23(6)34(45)50-27)51-36-30(42)24(17-20(3)49-36)40(9)33(44)25-13-11-15-53-25/h11-16,19-24,27,29-32,36,41-43,47-48H,10,17-18H2,1-9H3/b39-28+/t19-,20+,21+,22-,23+,24-,27+,29-,30-,31-,32+,36-,37+,38+/m0/s1. The van der Waals surface area contributed by atoms with Gasteiger partial charge in [0, 0.05) is 24.8 Å². The number of carbonyl (C=O) groups excluding carboxylic acids is 3. The number of esters is 1. The molecule has 2 aromatic heterocycles. The number of amides is 1. The Hall–Kier alpha value is -2.80. The molecule has 0 aliphatic carbocycles. The molecule has 4 rings (SSSR count). The van der Waals surface area contributed by atoms with E-state index < -0.39 is 95.8 Å². The number of aliphatic hydroxyl groups excluding tert-OH is 3. The highest BCUT2D eigenvalue weighted by molar-refractivity contribution is 7.12. The summed E-state index contributed by atoms with van der Waals surface area (Å²) in [6, 6.07) is 5.97. The van der Waals surface area contributed by atoms with Crippen molar-refractivity contribution in [3.8, 4) is 0 Å². The van der Waals surface area contributed by atoms with Crippen LogP contribution >= 0.6 is 22.7 Å². The van der Waals surface area contributed by atoms with Gasteiger partial charge >= 0.3 is 11.9 Å². The van der Waals surface area contributed by atoms with Gasteiger partial charge in [0.1, 0.15) is 22.7 Å². The fraction of sp³-hybridized carbons (Fsp3) is 0.684. The van der Waals surface area contributed by atoms with E-state index >= 15 is 0 Å². The molecule has 0 spiro atoms. The minimum absolute atomic E-state index is 0.108. The van der Waals surface area contributed by atoms with Gasteiger partial charge in [-0.25, -0.2) is 4.79 Å². The molecule has 16 heteroatoms. The molecule has 0 unspecified atom stereocenters. The average molecular weight is 797 g/mol.